The fraction of sp³-hybridized carbons (Fsp3) is 0.154. The summed E-state index contributed by atoms with van der Waals surface area (Å²) in [6, 6.07) is 28.4. The fourth-order valence-corrected chi connectivity index (χ4v) is 3.52. The van der Waals surface area contributed by atoms with Crippen molar-refractivity contribution >= 4 is 5.91 Å². The van der Waals surface area contributed by atoms with E-state index in [1.54, 1.807) is 0 Å². The minimum absolute atomic E-state index is 0.0131. The lowest BCUT2D eigenvalue weighted by Gasteiger charge is -2.07. The quantitative estimate of drug-likeness (QED) is 0.490. The van der Waals surface area contributed by atoms with E-state index in [2.05, 4.69) is 17.4 Å². The van der Waals surface area contributed by atoms with Crippen LogP contribution in [0.1, 0.15) is 22.3 Å². The third-order valence-corrected chi connectivity index (χ3v) is 5.16. The third-order valence-electron chi connectivity index (χ3n) is 5.16. The zero-order valence-corrected chi connectivity index (χ0v) is 17.1. The second kappa shape index (κ2) is 9.23. The van der Waals surface area contributed by atoms with Crippen LogP contribution in [0.4, 0.5) is 0 Å². The molecule has 0 spiro atoms. The molecule has 0 bridgehead atoms. The van der Waals surface area contributed by atoms with E-state index in [9.17, 15) is 4.79 Å². The van der Waals surface area contributed by atoms with Crippen molar-refractivity contribution in [3.05, 3.63) is 113 Å². The molecule has 0 unspecified atom stereocenters. The Bertz CT molecular complexity index is 1120. The standard InChI is InChI=1S/C26H25N3O/c1-20-10-8-9-15-23(20)16-25(30)27-17-24-19-29(18-21-11-4-2-5-12-21)28-26(24)22-13-6-3-7-14-22/h2-15,19H,16-18H2,1H3,(H,27,30). The highest BCUT2D eigenvalue weighted by atomic mass is 16.1. The summed E-state index contributed by atoms with van der Waals surface area (Å²) in [5, 5.41) is 7.89. The molecule has 30 heavy (non-hydrogen) atoms. The van der Waals surface area contributed by atoms with Crippen molar-refractivity contribution in [2.75, 3.05) is 0 Å². The number of nitrogens with one attached hydrogen (secondary N) is 1. The van der Waals surface area contributed by atoms with Crippen molar-refractivity contribution < 1.29 is 4.79 Å². The highest BCUT2D eigenvalue weighted by molar-refractivity contribution is 5.79. The summed E-state index contributed by atoms with van der Waals surface area (Å²) in [5.74, 6) is 0.0131. The van der Waals surface area contributed by atoms with Gasteiger partial charge in [-0.1, -0.05) is 84.9 Å². The van der Waals surface area contributed by atoms with Crippen LogP contribution in [0.2, 0.25) is 0 Å². The summed E-state index contributed by atoms with van der Waals surface area (Å²) in [6.07, 6.45) is 2.41. The number of hydrogen-bond acceptors (Lipinski definition) is 2. The first-order valence-electron chi connectivity index (χ1n) is 10.2. The van der Waals surface area contributed by atoms with Crippen LogP contribution in [0.5, 0.6) is 0 Å². The Morgan fingerprint density at radius 2 is 1.53 bits per heavy atom. The van der Waals surface area contributed by atoms with Gasteiger partial charge in [0.05, 0.1) is 18.7 Å². The monoisotopic (exact) mass is 395 g/mol. The Labute approximate surface area is 177 Å². The highest BCUT2D eigenvalue weighted by Crippen LogP contribution is 2.22. The zero-order valence-electron chi connectivity index (χ0n) is 17.1. The van der Waals surface area contributed by atoms with Crippen molar-refractivity contribution in [2.24, 2.45) is 0 Å². The van der Waals surface area contributed by atoms with E-state index in [1.165, 1.54) is 5.56 Å². The maximum atomic E-state index is 12.5. The Morgan fingerprint density at radius 3 is 2.27 bits per heavy atom. The van der Waals surface area contributed by atoms with Gasteiger partial charge in [0.15, 0.2) is 0 Å². The van der Waals surface area contributed by atoms with Crippen LogP contribution in [0.15, 0.2) is 91.1 Å². The van der Waals surface area contributed by atoms with E-state index < -0.39 is 0 Å². The molecule has 0 saturated carbocycles. The smallest absolute Gasteiger partial charge is 0.224 e. The summed E-state index contributed by atoms with van der Waals surface area (Å²) < 4.78 is 1.94. The van der Waals surface area contributed by atoms with Gasteiger partial charge in [0.1, 0.15) is 0 Å². The van der Waals surface area contributed by atoms with Gasteiger partial charge in [0, 0.05) is 23.9 Å². The van der Waals surface area contributed by atoms with E-state index in [-0.39, 0.29) is 5.91 Å². The Balaban J connectivity index is 1.52. The van der Waals surface area contributed by atoms with Gasteiger partial charge in [-0.2, -0.15) is 5.10 Å². The van der Waals surface area contributed by atoms with Crippen LogP contribution < -0.4 is 5.32 Å². The second-order valence-electron chi connectivity index (χ2n) is 7.43. The Kier molecular flexibility index (Phi) is 6.04. The number of aryl methyl sites for hydroxylation is 1. The van der Waals surface area contributed by atoms with Crippen molar-refractivity contribution in [2.45, 2.75) is 26.4 Å². The molecule has 0 saturated heterocycles. The van der Waals surface area contributed by atoms with Gasteiger partial charge in [-0.15, -0.1) is 0 Å². The molecule has 0 aliphatic heterocycles. The lowest BCUT2D eigenvalue weighted by atomic mass is 10.1. The molecular weight excluding hydrogens is 370 g/mol. The van der Waals surface area contributed by atoms with Crippen molar-refractivity contribution in [3.63, 3.8) is 0 Å². The van der Waals surface area contributed by atoms with E-state index in [1.807, 2.05) is 90.6 Å². The highest BCUT2D eigenvalue weighted by Gasteiger charge is 2.13. The third kappa shape index (κ3) is 4.84. The van der Waals surface area contributed by atoms with Gasteiger partial charge < -0.3 is 5.32 Å². The van der Waals surface area contributed by atoms with E-state index in [0.29, 0.717) is 19.5 Å². The summed E-state index contributed by atoms with van der Waals surface area (Å²) in [4.78, 5) is 12.5. The SMILES string of the molecule is Cc1ccccc1CC(=O)NCc1cn(Cc2ccccc2)nc1-c1ccccc1. The molecule has 4 heteroatoms. The summed E-state index contributed by atoms with van der Waals surface area (Å²) in [5.41, 5.74) is 6.34. The molecule has 4 aromatic rings. The van der Waals surface area contributed by atoms with Crippen molar-refractivity contribution in [3.8, 4) is 11.3 Å². The molecule has 0 fully saturated rings. The largest absolute Gasteiger partial charge is 0.352 e. The van der Waals surface area contributed by atoms with Crippen LogP contribution in [0.3, 0.4) is 0 Å². The van der Waals surface area contributed by atoms with Gasteiger partial charge in [-0.3, -0.25) is 9.48 Å². The normalized spacial score (nSPS) is 10.7. The first kappa shape index (κ1) is 19.6. The van der Waals surface area contributed by atoms with E-state index in [0.717, 1.165) is 27.9 Å². The van der Waals surface area contributed by atoms with Gasteiger partial charge in [-0.25, -0.2) is 0 Å². The van der Waals surface area contributed by atoms with Gasteiger partial charge in [-0.05, 0) is 23.6 Å². The maximum absolute atomic E-state index is 12.5. The van der Waals surface area contributed by atoms with Crippen molar-refractivity contribution in [1.29, 1.82) is 0 Å². The molecule has 0 radical (unpaired) electrons. The molecule has 0 aliphatic rings. The van der Waals surface area contributed by atoms with Gasteiger partial charge in [0.25, 0.3) is 0 Å². The van der Waals surface area contributed by atoms with E-state index in [4.69, 9.17) is 5.10 Å². The minimum Gasteiger partial charge on any atom is -0.352 e. The summed E-state index contributed by atoms with van der Waals surface area (Å²) in [6.45, 7) is 3.17. The molecule has 4 nitrogen and oxygen atoms in total. The van der Waals surface area contributed by atoms with Gasteiger partial charge >= 0.3 is 0 Å². The molecule has 0 aliphatic carbocycles. The Morgan fingerprint density at radius 1 is 0.867 bits per heavy atom. The molecule has 1 N–H and O–H groups in total. The molecule has 1 amide bonds. The predicted octanol–water partition coefficient (Wildman–Crippen LogP) is 4.77. The first-order chi connectivity index (χ1) is 14.7. The number of aromatic nitrogens is 2. The molecule has 1 heterocycles. The lowest BCUT2D eigenvalue weighted by molar-refractivity contribution is -0.120. The predicted molar refractivity (Wildman–Crippen MR) is 120 cm³/mol. The van der Waals surface area contributed by atoms with E-state index >= 15 is 0 Å². The summed E-state index contributed by atoms with van der Waals surface area (Å²) in [7, 11) is 0. The number of benzene rings is 3. The number of nitrogens with zero attached hydrogens (tertiary/aromatic N) is 2. The van der Waals surface area contributed by atoms with Crippen molar-refractivity contribution in [1.82, 2.24) is 15.1 Å². The maximum Gasteiger partial charge on any atom is 0.224 e. The molecule has 0 atom stereocenters. The molecule has 150 valence electrons. The second-order valence-corrected chi connectivity index (χ2v) is 7.43. The van der Waals surface area contributed by atoms with Gasteiger partial charge in [0.2, 0.25) is 5.91 Å². The number of hydrogen-bond donors (Lipinski definition) is 1. The topological polar surface area (TPSA) is 46.9 Å². The minimum atomic E-state index is 0.0131. The summed E-state index contributed by atoms with van der Waals surface area (Å²) >= 11 is 0. The number of amides is 1. The number of rotatable bonds is 7. The number of carbonyl (C=O) groups is 1. The molecule has 4 rings (SSSR count). The molecule has 1 aromatic heterocycles. The van der Waals surface area contributed by atoms with Crippen LogP contribution in [0.25, 0.3) is 11.3 Å². The lowest BCUT2D eigenvalue weighted by Crippen LogP contribution is -2.25. The first-order valence-corrected chi connectivity index (χ1v) is 10.2. The fourth-order valence-electron chi connectivity index (χ4n) is 3.52. The van der Waals surface area contributed by atoms with Crippen LogP contribution in [-0.4, -0.2) is 15.7 Å². The van der Waals surface area contributed by atoms with Crippen LogP contribution in [-0.2, 0) is 24.3 Å². The van der Waals surface area contributed by atoms with Crippen LogP contribution >= 0.6 is 0 Å². The Hall–Kier alpha value is -3.66. The van der Waals surface area contributed by atoms with Crippen LogP contribution in [0, 0.1) is 6.92 Å². The zero-order chi connectivity index (χ0) is 20.8. The average molecular weight is 396 g/mol. The average Bonchev–Trinajstić information content (AvgIpc) is 3.18. The molecule has 3 aromatic carbocycles. The molecular formula is C26H25N3O. The number of carbonyl (C=O) groups excluding carboxylic acids is 1.